The van der Waals surface area contributed by atoms with E-state index in [1.165, 1.54) is 6.07 Å². The van der Waals surface area contributed by atoms with Crippen LogP contribution in [0.4, 0.5) is 9.18 Å². The fraction of sp³-hybridized carbons (Fsp3) is 0.562. The minimum atomic E-state index is -2.87. The number of nitrogens with one attached hydrogen (secondary N) is 2. The summed E-state index contributed by atoms with van der Waals surface area (Å²) in [5.41, 5.74) is 0.648. The van der Waals surface area contributed by atoms with E-state index >= 15 is 0 Å². The summed E-state index contributed by atoms with van der Waals surface area (Å²) in [7, 11) is -2.87. The SMILES string of the molecule is O=C(NCC1CCS(=O)(=O)CC1)N[C@@H]1C[C@@H]1c1ccccc1F. The predicted molar refractivity (Wildman–Crippen MR) is 85.5 cm³/mol. The number of amides is 2. The second-order valence-corrected chi connectivity index (χ2v) is 8.72. The van der Waals surface area contributed by atoms with Gasteiger partial charge >= 0.3 is 6.03 Å². The Morgan fingerprint density at radius 2 is 1.91 bits per heavy atom. The summed E-state index contributed by atoms with van der Waals surface area (Å²) < 4.78 is 36.4. The van der Waals surface area contributed by atoms with Gasteiger partial charge in [-0.1, -0.05) is 18.2 Å². The topological polar surface area (TPSA) is 75.3 Å². The van der Waals surface area contributed by atoms with E-state index in [2.05, 4.69) is 10.6 Å². The van der Waals surface area contributed by atoms with Gasteiger partial charge < -0.3 is 10.6 Å². The highest BCUT2D eigenvalue weighted by Gasteiger charge is 2.41. The fourth-order valence-electron chi connectivity index (χ4n) is 3.07. The van der Waals surface area contributed by atoms with Crippen LogP contribution in [0, 0.1) is 11.7 Å². The number of carbonyl (C=O) groups is 1. The Bertz CT molecular complexity index is 678. The molecule has 0 unspecified atom stereocenters. The number of hydrogen-bond donors (Lipinski definition) is 2. The lowest BCUT2D eigenvalue weighted by Gasteiger charge is -2.22. The van der Waals surface area contributed by atoms with Gasteiger partial charge in [0.25, 0.3) is 0 Å². The van der Waals surface area contributed by atoms with E-state index in [0.717, 1.165) is 6.42 Å². The van der Waals surface area contributed by atoms with Crippen LogP contribution in [0.25, 0.3) is 0 Å². The molecule has 1 saturated heterocycles. The van der Waals surface area contributed by atoms with Crippen molar-refractivity contribution in [1.29, 1.82) is 0 Å². The molecule has 0 aromatic heterocycles. The van der Waals surface area contributed by atoms with E-state index in [9.17, 15) is 17.6 Å². The van der Waals surface area contributed by atoms with Crippen molar-refractivity contribution in [3.05, 3.63) is 35.6 Å². The highest BCUT2D eigenvalue weighted by molar-refractivity contribution is 7.91. The van der Waals surface area contributed by atoms with E-state index in [0.29, 0.717) is 24.9 Å². The van der Waals surface area contributed by atoms with Crippen LogP contribution in [-0.4, -0.2) is 38.5 Å². The first-order valence-electron chi connectivity index (χ1n) is 7.94. The van der Waals surface area contributed by atoms with Crippen LogP contribution in [0.15, 0.2) is 24.3 Å². The summed E-state index contributed by atoms with van der Waals surface area (Å²) in [6.07, 6.45) is 1.95. The third kappa shape index (κ3) is 4.22. The van der Waals surface area contributed by atoms with E-state index in [4.69, 9.17) is 0 Å². The summed E-state index contributed by atoms with van der Waals surface area (Å²) in [5, 5.41) is 5.65. The molecule has 1 aliphatic carbocycles. The molecular formula is C16H21FN2O3S. The largest absolute Gasteiger partial charge is 0.338 e. The minimum absolute atomic E-state index is 0.0290. The van der Waals surface area contributed by atoms with Crippen molar-refractivity contribution < 1.29 is 17.6 Å². The number of carbonyl (C=O) groups excluding carboxylic acids is 1. The molecule has 23 heavy (non-hydrogen) atoms. The van der Waals surface area contributed by atoms with E-state index in [1.54, 1.807) is 18.2 Å². The van der Waals surface area contributed by atoms with Gasteiger partial charge in [0.2, 0.25) is 0 Å². The Balaban J connectivity index is 1.41. The third-order valence-corrected chi connectivity index (χ3v) is 6.35. The number of hydrogen-bond acceptors (Lipinski definition) is 3. The van der Waals surface area contributed by atoms with Crippen molar-refractivity contribution in [2.45, 2.75) is 31.2 Å². The van der Waals surface area contributed by atoms with Crippen molar-refractivity contribution >= 4 is 15.9 Å². The van der Waals surface area contributed by atoms with Gasteiger partial charge in [0.15, 0.2) is 0 Å². The van der Waals surface area contributed by atoms with Gasteiger partial charge in [-0.25, -0.2) is 17.6 Å². The van der Waals surface area contributed by atoms with Crippen molar-refractivity contribution in [3.63, 3.8) is 0 Å². The molecule has 2 aliphatic rings. The van der Waals surface area contributed by atoms with Crippen LogP contribution in [-0.2, 0) is 9.84 Å². The molecule has 126 valence electrons. The van der Waals surface area contributed by atoms with Crippen LogP contribution in [0.3, 0.4) is 0 Å². The molecular weight excluding hydrogens is 319 g/mol. The molecule has 1 aliphatic heterocycles. The monoisotopic (exact) mass is 340 g/mol. The van der Waals surface area contributed by atoms with E-state index in [-0.39, 0.29) is 41.2 Å². The van der Waals surface area contributed by atoms with Gasteiger partial charge in [0.1, 0.15) is 15.7 Å². The highest BCUT2D eigenvalue weighted by Crippen LogP contribution is 2.41. The minimum Gasteiger partial charge on any atom is -0.338 e. The molecule has 0 radical (unpaired) electrons. The van der Waals surface area contributed by atoms with Gasteiger partial charge in [-0.3, -0.25) is 0 Å². The fourth-order valence-corrected chi connectivity index (χ4v) is 4.66. The second kappa shape index (κ2) is 6.47. The summed E-state index contributed by atoms with van der Waals surface area (Å²) in [6.45, 7) is 0.485. The highest BCUT2D eigenvalue weighted by atomic mass is 32.2. The first-order chi connectivity index (χ1) is 10.9. The number of halogens is 1. The van der Waals surface area contributed by atoms with Crippen LogP contribution in [0.2, 0.25) is 0 Å². The first kappa shape index (κ1) is 16.2. The van der Waals surface area contributed by atoms with Gasteiger partial charge in [0.05, 0.1) is 11.5 Å². The molecule has 1 saturated carbocycles. The van der Waals surface area contributed by atoms with Gasteiger partial charge in [-0.15, -0.1) is 0 Å². The van der Waals surface area contributed by atoms with Gasteiger partial charge in [0, 0.05) is 18.5 Å². The van der Waals surface area contributed by atoms with E-state index in [1.807, 2.05) is 0 Å². The summed E-state index contributed by atoms with van der Waals surface area (Å²) in [5.74, 6) is 0.441. The van der Waals surface area contributed by atoms with Crippen molar-refractivity contribution in [2.75, 3.05) is 18.1 Å². The summed E-state index contributed by atoms with van der Waals surface area (Å²) in [4.78, 5) is 11.9. The Morgan fingerprint density at radius 1 is 1.22 bits per heavy atom. The first-order valence-corrected chi connectivity index (χ1v) is 9.76. The smallest absolute Gasteiger partial charge is 0.315 e. The molecule has 2 N–H and O–H groups in total. The maximum Gasteiger partial charge on any atom is 0.315 e. The zero-order chi connectivity index (χ0) is 16.4. The lowest BCUT2D eigenvalue weighted by molar-refractivity contribution is 0.237. The molecule has 5 nitrogen and oxygen atoms in total. The average molecular weight is 340 g/mol. The molecule has 2 atom stereocenters. The standard InChI is InChI=1S/C16H21FN2O3S/c17-14-4-2-1-3-12(14)13-9-15(13)19-16(20)18-10-11-5-7-23(21,22)8-6-11/h1-4,11,13,15H,5-10H2,(H2,18,19,20)/t13-,15-/m1/s1. The number of benzene rings is 1. The Hall–Kier alpha value is -1.63. The zero-order valence-corrected chi connectivity index (χ0v) is 13.6. The van der Waals surface area contributed by atoms with E-state index < -0.39 is 9.84 Å². The molecule has 3 rings (SSSR count). The number of urea groups is 1. The quantitative estimate of drug-likeness (QED) is 0.878. The molecule has 1 aromatic rings. The predicted octanol–water partition coefficient (Wildman–Crippen LogP) is 1.81. The van der Waals surface area contributed by atoms with Crippen LogP contribution in [0.1, 0.15) is 30.7 Å². The Morgan fingerprint density at radius 3 is 2.61 bits per heavy atom. The normalized spacial score (nSPS) is 26.5. The third-order valence-electron chi connectivity index (χ3n) is 4.64. The number of sulfone groups is 1. The van der Waals surface area contributed by atoms with Crippen molar-refractivity contribution in [2.24, 2.45) is 5.92 Å². The molecule has 7 heteroatoms. The average Bonchev–Trinajstić information content (AvgIpc) is 3.25. The van der Waals surface area contributed by atoms with Crippen molar-refractivity contribution in [1.82, 2.24) is 10.6 Å². The molecule has 2 amide bonds. The molecule has 0 spiro atoms. The maximum absolute atomic E-state index is 13.7. The van der Waals surface area contributed by atoms with Gasteiger partial charge in [-0.2, -0.15) is 0 Å². The van der Waals surface area contributed by atoms with Crippen LogP contribution < -0.4 is 10.6 Å². The molecule has 1 heterocycles. The van der Waals surface area contributed by atoms with Crippen molar-refractivity contribution in [3.8, 4) is 0 Å². The molecule has 2 fully saturated rings. The molecule has 0 bridgehead atoms. The summed E-state index contributed by atoms with van der Waals surface area (Å²) in [6, 6.07) is 6.34. The lowest BCUT2D eigenvalue weighted by atomic mass is 10.0. The summed E-state index contributed by atoms with van der Waals surface area (Å²) >= 11 is 0. The molecule has 1 aromatic carbocycles. The Kier molecular flexibility index (Phi) is 4.57. The zero-order valence-electron chi connectivity index (χ0n) is 12.8. The number of rotatable bonds is 4. The maximum atomic E-state index is 13.7. The second-order valence-electron chi connectivity index (χ2n) is 6.42. The van der Waals surface area contributed by atoms with Crippen LogP contribution >= 0.6 is 0 Å². The lowest BCUT2D eigenvalue weighted by Crippen LogP contribution is -2.41. The Labute approximate surface area is 135 Å². The van der Waals surface area contributed by atoms with Crippen LogP contribution in [0.5, 0.6) is 0 Å². The van der Waals surface area contributed by atoms with Gasteiger partial charge in [-0.05, 0) is 36.8 Å².